The summed E-state index contributed by atoms with van der Waals surface area (Å²) < 4.78 is 6.38. The summed E-state index contributed by atoms with van der Waals surface area (Å²) in [5.41, 5.74) is 1.12. The van der Waals surface area contributed by atoms with Crippen molar-refractivity contribution >= 4 is 32.4 Å². The first-order valence-electron chi connectivity index (χ1n) is 5.78. The number of hydrogen-bond donors (Lipinski definition) is 1. The average Bonchev–Trinajstić information content (AvgIpc) is 2.82. The zero-order valence-corrected chi connectivity index (χ0v) is 11.3. The van der Waals surface area contributed by atoms with Gasteiger partial charge in [0.1, 0.15) is 5.76 Å². The van der Waals surface area contributed by atoms with E-state index in [0.717, 1.165) is 15.9 Å². The molecule has 3 aromatic rings. The van der Waals surface area contributed by atoms with Crippen molar-refractivity contribution in [2.24, 2.45) is 0 Å². The highest BCUT2D eigenvalue weighted by atomic mass is 79.9. The van der Waals surface area contributed by atoms with Crippen LogP contribution in [0.25, 0.3) is 10.8 Å². The first kappa shape index (κ1) is 11.4. The van der Waals surface area contributed by atoms with E-state index >= 15 is 0 Å². The van der Waals surface area contributed by atoms with Crippen LogP contribution in [0.15, 0.2) is 63.7 Å². The van der Waals surface area contributed by atoms with E-state index in [0.29, 0.717) is 6.54 Å². The SMILES string of the molecule is Brc1ccoc1CNc1cccc2ccccc12. The van der Waals surface area contributed by atoms with Crippen molar-refractivity contribution in [3.8, 4) is 0 Å². The van der Waals surface area contributed by atoms with Gasteiger partial charge in [0.2, 0.25) is 0 Å². The zero-order valence-electron chi connectivity index (χ0n) is 9.69. The van der Waals surface area contributed by atoms with Crippen molar-refractivity contribution in [1.29, 1.82) is 0 Å². The highest BCUT2D eigenvalue weighted by Gasteiger charge is 2.04. The number of hydrogen-bond acceptors (Lipinski definition) is 2. The minimum Gasteiger partial charge on any atom is -0.466 e. The van der Waals surface area contributed by atoms with Crippen LogP contribution in [0.3, 0.4) is 0 Å². The summed E-state index contributed by atoms with van der Waals surface area (Å²) in [5, 5.41) is 5.87. The smallest absolute Gasteiger partial charge is 0.136 e. The van der Waals surface area contributed by atoms with Crippen LogP contribution in [0.2, 0.25) is 0 Å². The molecule has 3 rings (SSSR count). The van der Waals surface area contributed by atoms with E-state index in [1.54, 1.807) is 6.26 Å². The molecule has 1 aromatic heterocycles. The van der Waals surface area contributed by atoms with Gasteiger partial charge in [-0.05, 0) is 33.4 Å². The molecule has 1 heterocycles. The molecule has 0 aliphatic rings. The fraction of sp³-hybridized carbons (Fsp3) is 0.0667. The van der Waals surface area contributed by atoms with Crippen LogP contribution < -0.4 is 5.32 Å². The van der Waals surface area contributed by atoms with Crippen molar-refractivity contribution in [2.75, 3.05) is 5.32 Å². The molecule has 0 saturated carbocycles. The van der Waals surface area contributed by atoms with Gasteiger partial charge in [-0.2, -0.15) is 0 Å². The molecule has 0 aliphatic carbocycles. The number of furan rings is 1. The molecule has 18 heavy (non-hydrogen) atoms. The maximum Gasteiger partial charge on any atom is 0.136 e. The molecule has 0 unspecified atom stereocenters. The predicted molar refractivity (Wildman–Crippen MR) is 77.7 cm³/mol. The summed E-state index contributed by atoms with van der Waals surface area (Å²) in [6, 6.07) is 16.5. The molecule has 0 fully saturated rings. The van der Waals surface area contributed by atoms with Crippen LogP contribution in [-0.4, -0.2) is 0 Å². The van der Waals surface area contributed by atoms with Gasteiger partial charge in [0.25, 0.3) is 0 Å². The van der Waals surface area contributed by atoms with E-state index in [9.17, 15) is 0 Å². The summed E-state index contributed by atoms with van der Waals surface area (Å²) in [7, 11) is 0. The third kappa shape index (κ3) is 2.14. The highest BCUT2D eigenvalue weighted by Crippen LogP contribution is 2.25. The molecule has 90 valence electrons. The monoisotopic (exact) mass is 301 g/mol. The van der Waals surface area contributed by atoms with Gasteiger partial charge in [0, 0.05) is 11.1 Å². The zero-order chi connectivity index (χ0) is 12.4. The van der Waals surface area contributed by atoms with Crippen LogP contribution in [0.5, 0.6) is 0 Å². The van der Waals surface area contributed by atoms with Crippen LogP contribution in [0.4, 0.5) is 5.69 Å². The number of halogens is 1. The van der Waals surface area contributed by atoms with E-state index in [-0.39, 0.29) is 0 Å². The standard InChI is InChI=1S/C15H12BrNO/c16-13-8-9-18-15(13)10-17-14-7-3-5-11-4-1-2-6-12(11)14/h1-9,17H,10H2. The van der Waals surface area contributed by atoms with Crippen molar-refractivity contribution in [1.82, 2.24) is 0 Å². The van der Waals surface area contributed by atoms with Crippen LogP contribution in [0.1, 0.15) is 5.76 Å². The molecule has 0 bridgehead atoms. The molecule has 0 amide bonds. The molecular weight excluding hydrogens is 290 g/mol. The molecule has 2 aromatic carbocycles. The van der Waals surface area contributed by atoms with E-state index in [1.807, 2.05) is 6.07 Å². The topological polar surface area (TPSA) is 25.2 Å². The molecule has 3 heteroatoms. The Hall–Kier alpha value is -1.74. The molecule has 0 saturated heterocycles. The minimum atomic E-state index is 0.668. The fourth-order valence-corrected chi connectivity index (χ4v) is 2.35. The Morgan fingerprint density at radius 1 is 1.00 bits per heavy atom. The van der Waals surface area contributed by atoms with Gasteiger partial charge >= 0.3 is 0 Å². The summed E-state index contributed by atoms with van der Waals surface area (Å²) in [6.07, 6.45) is 1.68. The Morgan fingerprint density at radius 3 is 2.67 bits per heavy atom. The lowest BCUT2D eigenvalue weighted by atomic mass is 10.1. The molecule has 0 radical (unpaired) electrons. The van der Waals surface area contributed by atoms with E-state index in [1.165, 1.54) is 10.8 Å². The van der Waals surface area contributed by atoms with Crippen molar-refractivity contribution in [3.05, 3.63) is 65.0 Å². The maximum atomic E-state index is 5.39. The maximum absolute atomic E-state index is 5.39. The Kier molecular flexibility index (Phi) is 3.07. The second-order valence-electron chi connectivity index (χ2n) is 4.07. The highest BCUT2D eigenvalue weighted by molar-refractivity contribution is 9.10. The summed E-state index contributed by atoms with van der Waals surface area (Å²) in [5.74, 6) is 0.905. The lowest BCUT2D eigenvalue weighted by Gasteiger charge is -2.08. The van der Waals surface area contributed by atoms with Crippen LogP contribution in [-0.2, 0) is 6.54 Å². The molecule has 1 N–H and O–H groups in total. The minimum absolute atomic E-state index is 0.668. The third-order valence-electron chi connectivity index (χ3n) is 2.92. The van der Waals surface area contributed by atoms with E-state index in [2.05, 4.69) is 63.7 Å². The number of nitrogens with one attached hydrogen (secondary N) is 1. The quantitative estimate of drug-likeness (QED) is 0.751. The van der Waals surface area contributed by atoms with Gasteiger partial charge < -0.3 is 9.73 Å². The molecule has 0 atom stereocenters. The van der Waals surface area contributed by atoms with Gasteiger partial charge in [-0.1, -0.05) is 36.4 Å². The van der Waals surface area contributed by atoms with Gasteiger partial charge in [-0.15, -0.1) is 0 Å². The van der Waals surface area contributed by atoms with Gasteiger partial charge in [0.05, 0.1) is 17.3 Å². The van der Waals surface area contributed by atoms with Crippen LogP contribution >= 0.6 is 15.9 Å². The van der Waals surface area contributed by atoms with E-state index < -0.39 is 0 Å². The summed E-state index contributed by atoms with van der Waals surface area (Å²) >= 11 is 3.46. The Balaban J connectivity index is 1.89. The van der Waals surface area contributed by atoms with Crippen molar-refractivity contribution in [2.45, 2.75) is 6.54 Å². The number of rotatable bonds is 3. The Morgan fingerprint density at radius 2 is 1.83 bits per heavy atom. The summed E-state index contributed by atoms with van der Waals surface area (Å²) in [4.78, 5) is 0. The van der Waals surface area contributed by atoms with Gasteiger partial charge in [0.15, 0.2) is 0 Å². The Labute approximate surface area is 114 Å². The normalized spacial score (nSPS) is 10.7. The molecular formula is C15H12BrNO. The second-order valence-corrected chi connectivity index (χ2v) is 4.93. The average molecular weight is 302 g/mol. The first-order chi connectivity index (χ1) is 8.84. The first-order valence-corrected chi connectivity index (χ1v) is 6.57. The largest absolute Gasteiger partial charge is 0.466 e. The molecule has 2 nitrogen and oxygen atoms in total. The predicted octanol–water partition coefficient (Wildman–Crippen LogP) is 4.81. The van der Waals surface area contributed by atoms with Crippen molar-refractivity contribution < 1.29 is 4.42 Å². The van der Waals surface area contributed by atoms with Gasteiger partial charge in [-0.3, -0.25) is 0 Å². The molecule has 0 spiro atoms. The lowest BCUT2D eigenvalue weighted by Crippen LogP contribution is -1.99. The van der Waals surface area contributed by atoms with E-state index in [4.69, 9.17) is 4.42 Å². The summed E-state index contributed by atoms with van der Waals surface area (Å²) in [6.45, 7) is 0.668. The third-order valence-corrected chi connectivity index (χ3v) is 3.63. The van der Waals surface area contributed by atoms with Crippen molar-refractivity contribution in [3.63, 3.8) is 0 Å². The number of anilines is 1. The fourth-order valence-electron chi connectivity index (χ4n) is 2.01. The lowest BCUT2D eigenvalue weighted by molar-refractivity contribution is 0.516. The van der Waals surface area contributed by atoms with Crippen LogP contribution in [0, 0.1) is 0 Å². The second kappa shape index (κ2) is 4.86. The number of benzene rings is 2. The Bertz CT molecular complexity index is 670. The van der Waals surface area contributed by atoms with Gasteiger partial charge in [-0.25, -0.2) is 0 Å². The molecule has 0 aliphatic heterocycles. The number of fused-ring (bicyclic) bond motifs is 1.